The molecule has 1 aromatic carbocycles. The average Bonchev–Trinajstić information content (AvgIpc) is 3.32. The van der Waals surface area contributed by atoms with Crippen molar-refractivity contribution in [3.05, 3.63) is 53.8 Å². The summed E-state index contributed by atoms with van der Waals surface area (Å²) in [4.78, 5) is 12.1. The molecule has 0 aliphatic rings. The van der Waals surface area contributed by atoms with Crippen molar-refractivity contribution in [2.75, 3.05) is 11.1 Å². The van der Waals surface area contributed by atoms with Crippen molar-refractivity contribution in [2.24, 2.45) is 0 Å². The molecule has 1 atom stereocenters. The van der Waals surface area contributed by atoms with E-state index in [0.717, 1.165) is 5.75 Å². The summed E-state index contributed by atoms with van der Waals surface area (Å²) in [6.45, 7) is 8.26. The molecule has 28 heavy (non-hydrogen) atoms. The molecule has 0 fully saturated rings. The van der Waals surface area contributed by atoms with Crippen LogP contribution in [0.4, 0.5) is 5.13 Å². The normalized spacial score (nSPS) is 11.8. The zero-order valence-electron chi connectivity index (χ0n) is 15.5. The fourth-order valence-electron chi connectivity index (χ4n) is 2.39. The van der Waals surface area contributed by atoms with Crippen molar-refractivity contribution in [1.29, 1.82) is 0 Å². The third-order valence-electron chi connectivity index (χ3n) is 3.69. The molecule has 1 unspecified atom stereocenters. The number of thioether (sulfide) groups is 1. The number of hydrogen-bond donors (Lipinski definition) is 1. The molecule has 0 saturated heterocycles. The van der Waals surface area contributed by atoms with Crippen molar-refractivity contribution < 1.29 is 9.53 Å². The number of nitrogens with one attached hydrogen (secondary N) is 1. The van der Waals surface area contributed by atoms with Crippen molar-refractivity contribution in [2.45, 2.75) is 31.7 Å². The van der Waals surface area contributed by atoms with E-state index in [0.29, 0.717) is 22.7 Å². The summed E-state index contributed by atoms with van der Waals surface area (Å²) in [6.07, 6.45) is 1.45. The zero-order chi connectivity index (χ0) is 19.9. The minimum absolute atomic E-state index is 0.180. The van der Waals surface area contributed by atoms with Gasteiger partial charge < -0.3 is 4.74 Å². The second-order valence-electron chi connectivity index (χ2n) is 5.89. The Hall–Kier alpha value is -2.72. The van der Waals surface area contributed by atoms with Crippen LogP contribution in [0.25, 0.3) is 0 Å². The van der Waals surface area contributed by atoms with E-state index in [1.807, 2.05) is 42.7 Å². The first kappa shape index (κ1) is 20.0. The van der Waals surface area contributed by atoms with E-state index >= 15 is 0 Å². The number of nitrogens with zero attached hydrogens (tertiary/aromatic N) is 5. The number of amides is 1. The van der Waals surface area contributed by atoms with Crippen LogP contribution in [0.1, 0.15) is 24.4 Å². The Morgan fingerprint density at radius 1 is 1.36 bits per heavy atom. The molecule has 0 aliphatic carbocycles. The molecule has 0 radical (unpaired) electrons. The number of aryl methyl sites for hydroxylation is 1. The number of aromatic nitrogens is 5. The summed E-state index contributed by atoms with van der Waals surface area (Å²) in [6, 6.07) is 7.84. The van der Waals surface area contributed by atoms with Crippen LogP contribution in [0.15, 0.2) is 47.6 Å². The van der Waals surface area contributed by atoms with E-state index in [-0.39, 0.29) is 17.8 Å². The second-order valence-corrected chi connectivity index (χ2v) is 7.67. The lowest BCUT2D eigenvalue weighted by Gasteiger charge is -2.15. The first-order chi connectivity index (χ1) is 13.6. The van der Waals surface area contributed by atoms with Crippen molar-refractivity contribution in [3.63, 3.8) is 0 Å². The Morgan fingerprint density at radius 3 is 2.82 bits per heavy atom. The van der Waals surface area contributed by atoms with Gasteiger partial charge in [0.15, 0.2) is 17.1 Å². The van der Waals surface area contributed by atoms with Crippen molar-refractivity contribution >= 4 is 34.1 Å². The summed E-state index contributed by atoms with van der Waals surface area (Å²) in [7, 11) is 0. The Labute approximate surface area is 171 Å². The maximum absolute atomic E-state index is 12.1. The van der Waals surface area contributed by atoms with Gasteiger partial charge in [-0.15, -0.1) is 27.0 Å². The molecule has 2 aromatic heterocycles. The Balaban J connectivity index is 1.67. The Morgan fingerprint density at radius 2 is 2.14 bits per heavy atom. The molecule has 2 heterocycles. The average molecular weight is 417 g/mol. The number of carbonyl (C=O) groups is 1. The van der Waals surface area contributed by atoms with Gasteiger partial charge in [0.2, 0.25) is 11.0 Å². The number of hydrogen-bond acceptors (Lipinski definition) is 8. The van der Waals surface area contributed by atoms with Gasteiger partial charge in [-0.25, -0.2) is 0 Å². The molecule has 3 aromatic rings. The molecule has 3 rings (SSSR count). The second kappa shape index (κ2) is 9.47. The van der Waals surface area contributed by atoms with E-state index in [1.165, 1.54) is 28.7 Å². The maximum atomic E-state index is 12.1. The molecule has 0 saturated carbocycles. The number of rotatable bonds is 9. The van der Waals surface area contributed by atoms with E-state index in [4.69, 9.17) is 4.74 Å². The number of benzene rings is 1. The number of ether oxygens (including phenoxy) is 1. The zero-order valence-corrected chi connectivity index (χ0v) is 17.2. The molecule has 1 amide bonds. The van der Waals surface area contributed by atoms with Crippen LogP contribution >= 0.6 is 23.1 Å². The van der Waals surface area contributed by atoms with Gasteiger partial charge in [-0.2, -0.15) is 0 Å². The lowest BCUT2D eigenvalue weighted by molar-refractivity contribution is -0.113. The van der Waals surface area contributed by atoms with Gasteiger partial charge in [0.05, 0.1) is 5.75 Å². The van der Waals surface area contributed by atoms with Gasteiger partial charge in [-0.05, 0) is 26.0 Å². The summed E-state index contributed by atoms with van der Waals surface area (Å²) < 4.78 is 7.89. The van der Waals surface area contributed by atoms with Gasteiger partial charge in [-0.1, -0.05) is 46.9 Å². The van der Waals surface area contributed by atoms with E-state index in [2.05, 4.69) is 32.3 Å². The lowest BCUT2D eigenvalue weighted by Crippen LogP contribution is -2.15. The van der Waals surface area contributed by atoms with Crippen LogP contribution in [-0.2, 0) is 11.3 Å². The van der Waals surface area contributed by atoms with Crippen LogP contribution in [0.5, 0.6) is 5.75 Å². The van der Waals surface area contributed by atoms with Crippen molar-refractivity contribution in [3.8, 4) is 5.75 Å². The fourth-order valence-corrected chi connectivity index (χ4v) is 3.61. The number of carbonyl (C=O) groups excluding carboxylic acids is 1. The Bertz CT molecular complexity index is 924. The highest BCUT2D eigenvalue weighted by Gasteiger charge is 2.20. The molecular formula is C18H20N6O2S2. The maximum Gasteiger partial charge on any atom is 0.236 e. The van der Waals surface area contributed by atoms with Crippen LogP contribution in [0.2, 0.25) is 0 Å². The molecular weight excluding hydrogens is 396 g/mol. The van der Waals surface area contributed by atoms with Gasteiger partial charge >= 0.3 is 0 Å². The lowest BCUT2D eigenvalue weighted by atomic mass is 10.2. The minimum atomic E-state index is -0.306. The summed E-state index contributed by atoms with van der Waals surface area (Å²) in [5.74, 6) is 1.44. The van der Waals surface area contributed by atoms with E-state index in [1.54, 1.807) is 11.6 Å². The van der Waals surface area contributed by atoms with Gasteiger partial charge in [0.1, 0.15) is 11.3 Å². The van der Waals surface area contributed by atoms with E-state index in [9.17, 15) is 4.79 Å². The molecule has 0 bridgehead atoms. The smallest absolute Gasteiger partial charge is 0.236 e. The van der Waals surface area contributed by atoms with Crippen LogP contribution in [0.3, 0.4) is 0 Å². The predicted octanol–water partition coefficient (Wildman–Crippen LogP) is 3.49. The first-order valence-electron chi connectivity index (χ1n) is 8.53. The number of allylic oxidation sites excluding steroid dienone is 1. The Kier molecular flexibility index (Phi) is 6.77. The molecule has 1 N–H and O–H groups in total. The largest absolute Gasteiger partial charge is 0.483 e. The van der Waals surface area contributed by atoms with Crippen LogP contribution < -0.4 is 10.1 Å². The summed E-state index contributed by atoms with van der Waals surface area (Å²) >= 11 is 2.56. The highest BCUT2D eigenvalue weighted by Crippen LogP contribution is 2.25. The van der Waals surface area contributed by atoms with Crippen LogP contribution in [-0.4, -0.2) is 36.6 Å². The van der Waals surface area contributed by atoms with E-state index < -0.39 is 0 Å². The molecule has 10 heteroatoms. The fraction of sp³-hybridized carbons (Fsp3) is 0.278. The SMILES string of the molecule is C=CCn1c(SCC(=O)Nc2nncs2)nnc1C(C)Oc1ccc(C)cc1. The van der Waals surface area contributed by atoms with Gasteiger partial charge in [0.25, 0.3) is 0 Å². The summed E-state index contributed by atoms with van der Waals surface area (Å²) in [5, 5.41) is 19.8. The predicted molar refractivity (Wildman–Crippen MR) is 110 cm³/mol. The first-order valence-corrected chi connectivity index (χ1v) is 10.4. The monoisotopic (exact) mass is 416 g/mol. The van der Waals surface area contributed by atoms with Gasteiger partial charge in [-0.3, -0.25) is 14.7 Å². The van der Waals surface area contributed by atoms with Crippen molar-refractivity contribution in [1.82, 2.24) is 25.0 Å². The highest BCUT2D eigenvalue weighted by molar-refractivity contribution is 7.99. The quantitative estimate of drug-likeness (QED) is 0.421. The molecule has 146 valence electrons. The third kappa shape index (κ3) is 5.17. The third-order valence-corrected chi connectivity index (χ3v) is 5.27. The molecule has 0 spiro atoms. The number of anilines is 1. The van der Waals surface area contributed by atoms with Crippen LogP contribution in [0, 0.1) is 6.92 Å². The molecule has 8 nitrogen and oxygen atoms in total. The minimum Gasteiger partial charge on any atom is -0.483 e. The topological polar surface area (TPSA) is 94.8 Å². The molecule has 0 aliphatic heterocycles. The van der Waals surface area contributed by atoms with Gasteiger partial charge in [0, 0.05) is 6.54 Å². The highest BCUT2D eigenvalue weighted by atomic mass is 32.2. The summed E-state index contributed by atoms with van der Waals surface area (Å²) in [5.41, 5.74) is 2.73. The standard InChI is InChI=1S/C18H20N6O2S2/c1-4-9-24-16(13(3)26-14-7-5-12(2)6-8-14)21-23-18(24)27-10-15(25)20-17-22-19-11-28-17/h4-8,11,13H,1,9-10H2,2-3H3,(H,20,22,25).